The number of aliphatic hydroxyl groups is 3. The summed E-state index contributed by atoms with van der Waals surface area (Å²) in [6.45, 7) is 3.89. The summed E-state index contributed by atoms with van der Waals surface area (Å²) in [4.78, 5) is 3.69. The van der Waals surface area contributed by atoms with Crippen LogP contribution in [0.3, 0.4) is 0 Å². The van der Waals surface area contributed by atoms with Crippen molar-refractivity contribution in [3.05, 3.63) is 64.2 Å². The Labute approximate surface area is 189 Å². The largest absolute Gasteiger partial charge is 0.400 e. The molecule has 31 heavy (non-hydrogen) atoms. The van der Waals surface area contributed by atoms with Crippen LogP contribution in [0.5, 0.6) is 5.75 Å². The molecule has 0 aliphatic carbocycles. The summed E-state index contributed by atoms with van der Waals surface area (Å²) in [5.74, 6) is 0.156. The van der Waals surface area contributed by atoms with Crippen molar-refractivity contribution in [1.29, 1.82) is 0 Å². The molecule has 2 aromatic carbocycles. The molecule has 3 rings (SSSR count). The third-order valence-corrected chi connectivity index (χ3v) is 4.80. The molecule has 1 fully saturated rings. The first-order valence-electron chi connectivity index (χ1n) is 9.97. The molecular formula is C24H32ClFO5. The van der Waals surface area contributed by atoms with Gasteiger partial charge in [0.2, 0.25) is 0 Å². The highest BCUT2D eigenvalue weighted by Gasteiger charge is 2.29. The number of halogens is 2. The van der Waals surface area contributed by atoms with Gasteiger partial charge in [0.15, 0.2) is 5.75 Å². The minimum absolute atomic E-state index is 0.114. The van der Waals surface area contributed by atoms with E-state index in [-0.39, 0.29) is 24.6 Å². The second-order valence-electron chi connectivity index (χ2n) is 6.30. The molecule has 1 aliphatic heterocycles. The molecule has 2 aromatic rings. The Morgan fingerprint density at radius 2 is 1.71 bits per heavy atom. The van der Waals surface area contributed by atoms with Gasteiger partial charge in [-0.05, 0) is 41.3 Å². The van der Waals surface area contributed by atoms with Crippen molar-refractivity contribution in [2.45, 2.75) is 51.4 Å². The molecule has 0 bridgehead atoms. The summed E-state index contributed by atoms with van der Waals surface area (Å²) in [6.07, 6.45) is 8.37. The predicted octanol–water partition coefficient (Wildman–Crippen LogP) is 4.65. The zero-order valence-corrected chi connectivity index (χ0v) is 18.9. The molecule has 3 atom stereocenters. The lowest BCUT2D eigenvalue weighted by Crippen LogP contribution is -2.33. The van der Waals surface area contributed by atoms with Gasteiger partial charge < -0.3 is 20.1 Å². The quantitative estimate of drug-likeness (QED) is 0.573. The molecule has 0 saturated carbocycles. The first-order valence-corrected chi connectivity index (χ1v) is 10.3. The van der Waals surface area contributed by atoms with E-state index in [1.807, 2.05) is 32.0 Å². The van der Waals surface area contributed by atoms with E-state index in [9.17, 15) is 14.7 Å². The number of terminal acetylenes is 1. The Hall–Kier alpha value is -2.14. The van der Waals surface area contributed by atoms with E-state index in [4.69, 9.17) is 21.4 Å². The molecule has 172 valence electrons. The van der Waals surface area contributed by atoms with Crippen LogP contribution in [-0.2, 0) is 11.2 Å². The number of aliphatic hydroxyl groups excluding tert-OH is 3. The van der Waals surface area contributed by atoms with Crippen LogP contribution < -0.4 is 4.94 Å². The van der Waals surface area contributed by atoms with E-state index < -0.39 is 6.10 Å². The van der Waals surface area contributed by atoms with E-state index in [0.29, 0.717) is 24.3 Å². The summed E-state index contributed by atoms with van der Waals surface area (Å²) in [5.41, 5.74) is 2.80. The van der Waals surface area contributed by atoms with Gasteiger partial charge in [-0.25, -0.2) is 0 Å². The van der Waals surface area contributed by atoms with Crippen molar-refractivity contribution < 1.29 is 29.5 Å². The van der Waals surface area contributed by atoms with Crippen LogP contribution in [0.4, 0.5) is 4.53 Å². The van der Waals surface area contributed by atoms with Crippen LogP contribution in [0.15, 0.2) is 42.5 Å². The van der Waals surface area contributed by atoms with Crippen LogP contribution in [0, 0.1) is 12.8 Å². The Kier molecular flexibility index (Phi) is 15.4. The minimum Gasteiger partial charge on any atom is -0.400 e. The van der Waals surface area contributed by atoms with Gasteiger partial charge in [-0.3, -0.25) is 4.94 Å². The number of ether oxygens (including phenoxy) is 1. The fourth-order valence-corrected chi connectivity index (χ4v) is 3.32. The maximum atomic E-state index is 12.1. The molecule has 1 heterocycles. The summed E-state index contributed by atoms with van der Waals surface area (Å²) in [6, 6.07) is 12.3. The van der Waals surface area contributed by atoms with Crippen LogP contribution in [-0.4, -0.2) is 41.2 Å². The highest BCUT2D eigenvalue weighted by Crippen LogP contribution is 2.33. The Morgan fingerprint density at radius 3 is 2.26 bits per heavy atom. The van der Waals surface area contributed by atoms with Crippen molar-refractivity contribution >= 4 is 11.6 Å². The van der Waals surface area contributed by atoms with Crippen molar-refractivity contribution in [2.24, 2.45) is 0 Å². The fourth-order valence-electron chi connectivity index (χ4n) is 3.13. The number of benzene rings is 2. The lowest BCUT2D eigenvalue weighted by atomic mass is 9.94. The second kappa shape index (κ2) is 16.5. The zero-order chi connectivity index (χ0) is 23.8. The topological polar surface area (TPSA) is 79.2 Å². The van der Waals surface area contributed by atoms with Crippen LogP contribution in [0.25, 0.3) is 0 Å². The average molecular weight is 455 g/mol. The minimum atomic E-state index is -0.497. The Balaban J connectivity index is 0.00000138. The molecule has 5 nitrogen and oxygen atoms in total. The fraction of sp³-hybridized carbons (Fsp3) is 0.417. The van der Waals surface area contributed by atoms with E-state index in [0.717, 1.165) is 23.8 Å². The van der Waals surface area contributed by atoms with E-state index in [2.05, 4.69) is 17.8 Å². The smallest absolute Gasteiger partial charge is 0.171 e. The molecule has 1 aliphatic rings. The molecule has 0 aromatic heterocycles. The maximum absolute atomic E-state index is 12.1. The molecule has 0 unspecified atom stereocenters. The zero-order valence-electron chi connectivity index (χ0n) is 18.2. The van der Waals surface area contributed by atoms with Gasteiger partial charge >= 0.3 is 0 Å². The second-order valence-corrected chi connectivity index (χ2v) is 6.71. The molecule has 1 saturated heterocycles. The SMILES string of the molecule is C#C.CC.CO.OC[C@@H]1C[C@H](O)C[C@H](c2ccc(Cl)c(Cc3ccc(OF)cc3)c2)O1. The first-order chi connectivity index (χ1) is 15.1. The van der Waals surface area contributed by atoms with E-state index >= 15 is 0 Å². The molecule has 7 heteroatoms. The highest BCUT2D eigenvalue weighted by atomic mass is 35.5. The number of hydrogen-bond acceptors (Lipinski definition) is 5. The van der Waals surface area contributed by atoms with Crippen molar-refractivity contribution in [3.8, 4) is 18.6 Å². The predicted molar refractivity (Wildman–Crippen MR) is 122 cm³/mol. The number of hydrogen-bond donors (Lipinski definition) is 3. The molecule has 0 spiro atoms. The third kappa shape index (κ3) is 9.26. The summed E-state index contributed by atoms with van der Waals surface area (Å²) < 4.78 is 18.0. The maximum Gasteiger partial charge on any atom is 0.171 e. The molecule has 0 amide bonds. The van der Waals surface area contributed by atoms with Gasteiger partial charge in [0.05, 0.1) is 24.9 Å². The van der Waals surface area contributed by atoms with Gasteiger partial charge in [0, 0.05) is 29.5 Å². The third-order valence-electron chi connectivity index (χ3n) is 4.43. The normalized spacial score (nSPS) is 19.4. The van der Waals surface area contributed by atoms with E-state index in [1.54, 1.807) is 24.3 Å². The van der Waals surface area contributed by atoms with Crippen LogP contribution >= 0.6 is 11.6 Å². The van der Waals surface area contributed by atoms with Crippen molar-refractivity contribution in [2.75, 3.05) is 13.7 Å². The van der Waals surface area contributed by atoms with Gasteiger partial charge in [-0.1, -0.05) is 49.7 Å². The van der Waals surface area contributed by atoms with Crippen molar-refractivity contribution in [1.82, 2.24) is 0 Å². The van der Waals surface area contributed by atoms with Crippen molar-refractivity contribution in [3.63, 3.8) is 0 Å². The standard InChI is InChI=1S/C19H20ClFO4.C2H6.C2H2.CH4O/c20-18-6-3-13(19-10-15(23)9-17(11-22)24-19)8-14(18)7-12-1-4-16(25-21)5-2-12;3*1-2/h1-6,8,15,17,19,22-23H,7,9-11H2;1-2H3;1-2H;2H,1H3/t15-,17-,19+;;;/m0.../s1. The Morgan fingerprint density at radius 1 is 1.10 bits per heavy atom. The lowest BCUT2D eigenvalue weighted by Gasteiger charge is -2.32. The van der Waals surface area contributed by atoms with Gasteiger partial charge in [0.25, 0.3) is 0 Å². The molecular weight excluding hydrogens is 423 g/mol. The van der Waals surface area contributed by atoms with Gasteiger partial charge in [-0.15, -0.1) is 12.8 Å². The Bertz CT molecular complexity index is 751. The summed E-state index contributed by atoms with van der Waals surface area (Å²) in [7, 11) is 1.00. The average Bonchev–Trinajstić information content (AvgIpc) is 2.84. The van der Waals surface area contributed by atoms with Crippen LogP contribution in [0.1, 0.15) is 49.5 Å². The first kappa shape index (κ1) is 28.9. The van der Waals surface area contributed by atoms with Gasteiger partial charge in [-0.2, -0.15) is 0 Å². The van der Waals surface area contributed by atoms with E-state index in [1.165, 1.54) is 0 Å². The highest BCUT2D eigenvalue weighted by molar-refractivity contribution is 6.31. The summed E-state index contributed by atoms with van der Waals surface area (Å²) >= 11 is 6.31. The van der Waals surface area contributed by atoms with Crippen LogP contribution in [0.2, 0.25) is 5.02 Å². The molecule has 0 radical (unpaired) electrons. The van der Waals surface area contributed by atoms with Gasteiger partial charge in [0.1, 0.15) is 0 Å². The monoisotopic (exact) mass is 454 g/mol. The summed E-state index contributed by atoms with van der Waals surface area (Å²) in [5, 5.41) is 26.9. The molecule has 3 N–H and O–H groups in total. The lowest BCUT2D eigenvalue weighted by molar-refractivity contribution is -0.113. The number of rotatable bonds is 5.